The largest absolute Gasteiger partial charge is 0.335 e. The Balaban J connectivity index is 1.47. The highest BCUT2D eigenvalue weighted by Gasteiger charge is 2.27. The molecule has 3 aromatic carbocycles. The number of amides is 2. The van der Waals surface area contributed by atoms with Crippen molar-refractivity contribution in [2.24, 2.45) is 0 Å². The van der Waals surface area contributed by atoms with Crippen LogP contribution in [0.4, 0.5) is 10.1 Å². The van der Waals surface area contributed by atoms with Crippen LogP contribution >= 0.6 is 0 Å². The van der Waals surface area contributed by atoms with Crippen molar-refractivity contribution in [3.8, 4) is 0 Å². The summed E-state index contributed by atoms with van der Waals surface area (Å²) in [5.74, 6) is -0.918. The molecule has 0 atom stereocenters. The van der Waals surface area contributed by atoms with Crippen molar-refractivity contribution in [3.63, 3.8) is 0 Å². The van der Waals surface area contributed by atoms with Crippen molar-refractivity contribution in [2.75, 3.05) is 30.9 Å². The number of anilines is 1. The highest BCUT2D eigenvalue weighted by atomic mass is 32.2. The van der Waals surface area contributed by atoms with Crippen molar-refractivity contribution in [1.29, 1.82) is 0 Å². The number of rotatable bonds is 5. The molecular weight excluding hydrogens is 469 g/mol. The number of hydrogen-bond acceptors (Lipinski definition) is 4. The van der Waals surface area contributed by atoms with E-state index in [1.165, 1.54) is 36.4 Å². The minimum absolute atomic E-state index is 0.00178. The molecule has 7 nitrogen and oxygen atoms in total. The van der Waals surface area contributed by atoms with Crippen molar-refractivity contribution in [3.05, 3.63) is 94.8 Å². The minimum atomic E-state index is -3.89. The van der Waals surface area contributed by atoms with Crippen LogP contribution in [0.5, 0.6) is 0 Å². The van der Waals surface area contributed by atoms with Gasteiger partial charge < -0.3 is 9.80 Å². The Labute approximate surface area is 204 Å². The molecule has 1 saturated heterocycles. The molecule has 1 aliphatic heterocycles. The Morgan fingerprint density at radius 3 is 2.09 bits per heavy atom. The van der Waals surface area contributed by atoms with Crippen molar-refractivity contribution in [2.45, 2.75) is 18.7 Å². The number of nitrogens with zero attached hydrogens (tertiary/aromatic N) is 2. The van der Waals surface area contributed by atoms with E-state index >= 15 is 0 Å². The quantitative estimate of drug-likeness (QED) is 0.583. The van der Waals surface area contributed by atoms with Gasteiger partial charge in [-0.25, -0.2) is 12.8 Å². The van der Waals surface area contributed by atoms with E-state index in [0.29, 0.717) is 48.6 Å². The van der Waals surface area contributed by atoms with E-state index in [4.69, 9.17) is 0 Å². The highest BCUT2D eigenvalue weighted by molar-refractivity contribution is 7.92. The van der Waals surface area contributed by atoms with Gasteiger partial charge in [-0.1, -0.05) is 18.2 Å². The van der Waals surface area contributed by atoms with Gasteiger partial charge in [0.2, 0.25) is 0 Å². The summed E-state index contributed by atoms with van der Waals surface area (Å²) >= 11 is 0. The SMILES string of the molecule is Cc1cccc(NS(=O)(=O)c2ccc(C)c(C(=O)N3CCN(C(=O)c4ccc(F)cc4)CC3)c2)c1. The van der Waals surface area contributed by atoms with Gasteiger partial charge in [-0.15, -0.1) is 0 Å². The van der Waals surface area contributed by atoms with E-state index in [2.05, 4.69) is 4.72 Å². The lowest BCUT2D eigenvalue weighted by molar-refractivity contribution is 0.0535. The number of sulfonamides is 1. The van der Waals surface area contributed by atoms with Crippen LogP contribution in [0.25, 0.3) is 0 Å². The first kappa shape index (κ1) is 24.4. The smallest absolute Gasteiger partial charge is 0.261 e. The predicted molar refractivity (Wildman–Crippen MR) is 131 cm³/mol. The van der Waals surface area contributed by atoms with Crippen LogP contribution in [-0.2, 0) is 10.0 Å². The van der Waals surface area contributed by atoms with Gasteiger partial charge in [-0.3, -0.25) is 14.3 Å². The van der Waals surface area contributed by atoms with E-state index in [9.17, 15) is 22.4 Å². The fourth-order valence-corrected chi connectivity index (χ4v) is 5.05. The average molecular weight is 496 g/mol. The maximum atomic E-state index is 13.3. The Morgan fingerprint density at radius 1 is 0.829 bits per heavy atom. The Bertz CT molecular complexity index is 1370. The molecule has 35 heavy (non-hydrogen) atoms. The molecule has 0 unspecified atom stereocenters. The Morgan fingerprint density at radius 2 is 1.46 bits per heavy atom. The maximum Gasteiger partial charge on any atom is 0.261 e. The summed E-state index contributed by atoms with van der Waals surface area (Å²) in [5.41, 5.74) is 2.72. The van der Waals surface area contributed by atoms with Crippen LogP contribution in [0.2, 0.25) is 0 Å². The molecular formula is C26H26FN3O4S. The lowest BCUT2D eigenvalue weighted by atomic mass is 10.1. The van der Waals surface area contributed by atoms with Gasteiger partial charge in [0.05, 0.1) is 4.90 Å². The summed E-state index contributed by atoms with van der Waals surface area (Å²) in [6, 6.07) is 16.9. The standard InChI is InChI=1S/C26H26FN3O4S/c1-18-4-3-5-22(16-18)28-35(33,34)23-11-6-19(2)24(17-23)26(32)30-14-12-29(13-15-30)25(31)20-7-9-21(27)10-8-20/h3-11,16-17,28H,12-15H2,1-2H3. The number of piperazine rings is 1. The number of halogens is 1. The van der Waals surface area contributed by atoms with Gasteiger partial charge in [-0.2, -0.15) is 0 Å². The molecule has 0 spiro atoms. The Kier molecular flexibility index (Phi) is 6.88. The van der Waals surface area contributed by atoms with E-state index in [0.717, 1.165) is 5.56 Å². The molecule has 2 amide bonds. The van der Waals surface area contributed by atoms with Crippen LogP contribution in [0, 0.1) is 19.7 Å². The third kappa shape index (κ3) is 5.51. The zero-order chi connectivity index (χ0) is 25.2. The summed E-state index contributed by atoms with van der Waals surface area (Å²) < 4.78 is 41.6. The highest BCUT2D eigenvalue weighted by Crippen LogP contribution is 2.22. The molecule has 182 valence electrons. The first-order chi connectivity index (χ1) is 16.6. The molecule has 4 rings (SSSR count). The lowest BCUT2D eigenvalue weighted by Gasteiger charge is -2.35. The molecule has 0 aromatic heterocycles. The summed E-state index contributed by atoms with van der Waals surface area (Å²) in [6.07, 6.45) is 0. The van der Waals surface area contributed by atoms with E-state index in [-0.39, 0.29) is 16.7 Å². The zero-order valence-electron chi connectivity index (χ0n) is 19.5. The van der Waals surface area contributed by atoms with Crippen LogP contribution in [0.15, 0.2) is 71.6 Å². The molecule has 1 heterocycles. The molecule has 0 radical (unpaired) electrons. The number of carbonyl (C=O) groups is 2. The second kappa shape index (κ2) is 9.87. The Hall–Kier alpha value is -3.72. The summed E-state index contributed by atoms with van der Waals surface area (Å²) in [5, 5.41) is 0. The second-order valence-corrected chi connectivity index (χ2v) is 10.2. The van der Waals surface area contributed by atoms with Gasteiger partial charge in [0.15, 0.2) is 0 Å². The van der Waals surface area contributed by atoms with Gasteiger partial charge in [0.1, 0.15) is 5.82 Å². The molecule has 0 saturated carbocycles. The topological polar surface area (TPSA) is 86.8 Å². The van der Waals surface area contributed by atoms with Crippen LogP contribution in [-0.4, -0.2) is 56.2 Å². The number of aryl methyl sites for hydroxylation is 2. The molecule has 1 N–H and O–H groups in total. The third-order valence-electron chi connectivity index (χ3n) is 5.97. The molecule has 9 heteroatoms. The number of hydrogen-bond donors (Lipinski definition) is 1. The van der Waals surface area contributed by atoms with Crippen LogP contribution in [0.3, 0.4) is 0 Å². The zero-order valence-corrected chi connectivity index (χ0v) is 20.3. The lowest BCUT2D eigenvalue weighted by Crippen LogP contribution is -2.50. The normalized spacial score (nSPS) is 14.0. The number of nitrogens with one attached hydrogen (secondary N) is 1. The predicted octanol–water partition coefficient (Wildman–Crippen LogP) is 3.84. The van der Waals surface area contributed by atoms with Crippen molar-refractivity contribution < 1.29 is 22.4 Å². The molecule has 1 fully saturated rings. The number of benzene rings is 3. The molecule has 0 aliphatic carbocycles. The summed E-state index contributed by atoms with van der Waals surface area (Å²) in [7, 11) is -3.89. The maximum absolute atomic E-state index is 13.3. The van der Waals surface area contributed by atoms with Gasteiger partial charge in [-0.05, 0) is 73.5 Å². The monoisotopic (exact) mass is 495 g/mol. The first-order valence-corrected chi connectivity index (χ1v) is 12.7. The summed E-state index contributed by atoms with van der Waals surface area (Å²) in [6.45, 7) is 4.90. The van der Waals surface area contributed by atoms with Gasteiger partial charge in [0.25, 0.3) is 21.8 Å². The molecule has 0 bridgehead atoms. The first-order valence-electron chi connectivity index (χ1n) is 11.2. The van der Waals surface area contributed by atoms with Crippen molar-refractivity contribution in [1.82, 2.24) is 9.80 Å². The van der Waals surface area contributed by atoms with Gasteiger partial charge >= 0.3 is 0 Å². The van der Waals surface area contributed by atoms with E-state index < -0.39 is 15.8 Å². The van der Waals surface area contributed by atoms with Crippen LogP contribution in [0.1, 0.15) is 31.8 Å². The second-order valence-electron chi connectivity index (χ2n) is 8.54. The van der Waals surface area contributed by atoms with E-state index in [1.807, 2.05) is 13.0 Å². The minimum Gasteiger partial charge on any atom is -0.335 e. The number of carbonyl (C=O) groups excluding carboxylic acids is 2. The fourth-order valence-electron chi connectivity index (χ4n) is 3.98. The van der Waals surface area contributed by atoms with E-state index in [1.54, 1.807) is 41.0 Å². The van der Waals surface area contributed by atoms with Crippen LogP contribution < -0.4 is 4.72 Å². The van der Waals surface area contributed by atoms with Gasteiger partial charge in [0, 0.05) is 43.0 Å². The summed E-state index contributed by atoms with van der Waals surface area (Å²) in [4.78, 5) is 29.1. The fraction of sp³-hybridized carbons (Fsp3) is 0.231. The molecule has 3 aromatic rings. The van der Waals surface area contributed by atoms with Crippen molar-refractivity contribution >= 4 is 27.5 Å². The average Bonchev–Trinajstić information content (AvgIpc) is 2.83. The molecule has 1 aliphatic rings. The third-order valence-corrected chi connectivity index (χ3v) is 7.34.